The van der Waals surface area contributed by atoms with Crippen molar-refractivity contribution >= 4 is 28.4 Å². The lowest BCUT2D eigenvalue weighted by molar-refractivity contribution is -0.0286. The molecule has 0 heterocycles. The van der Waals surface area contributed by atoms with Gasteiger partial charge in [-0.2, -0.15) is 0 Å². The van der Waals surface area contributed by atoms with E-state index in [0.717, 1.165) is 35.5 Å². The van der Waals surface area contributed by atoms with Gasteiger partial charge in [-0.1, -0.05) is 213 Å². The van der Waals surface area contributed by atoms with Gasteiger partial charge >= 0.3 is 0 Å². The zero-order valence-corrected chi connectivity index (χ0v) is 49.4. The highest BCUT2D eigenvalue weighted by Crippen LogP contribution is 2.64. The third-order valence-corrected chi connectivity index (χ3v) is 21.9. The van der Waals surface area contributed by atoms with Gasteiger partial charge in [-0.3, -0.25) is 0 Å². The fourth-order valence-corrected chi connectivity index (χ4v) is 18.6. The smallest absolute Gasteiger partial charge is 0.0575 e. The highest BCUT2D eigenvalue weighted by atomic mass is 15.2. The Morgan fingerprint density at radius 3 is 1.09 bits per heavy atom. The van der Waals surface area contributed by atoms with Crippen molar-refractivity contribution in [2.45, 2.75) is 95.9 Å². The van der Waals surface area contributed by atoms with Crippen molar-refractivity contribution in [3.63, 3.8) is 0 Å². The average Bonchev–Trinajstić information content (AvgIpc) is 1.73. The Morgan fingerprint density at radius 2 is 0.718 bits per heavy atom. The molecule has 0 radical (unpaired) electrons. The van der Waals surface area contributed by atoms with Gasteiger partial charge in [-0.05, 0) is 239 Å². The fourth-order valence-electron chi connectivity index (χ4n) is 18.6. The van der Waals surface area contributed by atoms with Gasteiger partial charge in [0.15, 0.2) is 0 Å². The molecule has 0 aromatic heterocycles. The van der Waals surface area contributed by atoms with Crippen LogP contribution in [-0.4, -0.2) is 0 Å². The highest BCUT2D eigenvalue weighted by molar-refractivity contribution is 5.93. The van der Waals surface area contributed by atoms with Crippen molar-refractivity contribution in [3.05, 3.63) is 283 Å². The minimum absolute atomic E-state index is 0.171. The molecule has 9 aliphatic rings. The summed E-state index contributed by atoms with van der Waals surface area (Å²) in [6.07, 6.45) is 24.5. The quantitative estimate of drug-likeness (QED) is 0.107. The Bertz CT molecular complexity index is 3710. The molecule has 8 bridgehead atoms. The van der Waals surface area contributed by atoms with Gasteiger partial charge in [-0.15, -0.1) is 0 Å². The van der Waals surface area contributed by atoms with E-state index in [4.69, 9.17) is 0 Å². The summed E-state index contributed by atoms with van der Waals surface area (Å²) >= 11 is 0. The molecule has 0 aliphatic heterocycles. The number of rotatable bonds is 14. The summed E-state index contributed by atoms with van der Waals surface area (Å²) in [7, 11) is 0. The maximum Gasteiger partial charge on any atom is 0.0575 e. The summed E-state index contributed by atoms with van der Waals surface area (Å²) in [6, 6.07) is 89.5. The second-order valence-corrected chi connectivity index (χ2v) is 27.4. The summed E-state index contributed by atoms with van der Waals surface area (Å²) in [4.78, 5) is 5.31. The third kappa shape index (κ3) is 9.94. The predicted octanol–water partition coefficient (Wildman–Crippen LogP) is 22.1. The molecule has 9 aliphatic carbocycles. The second-order valence-electron chi connectivity index (χ2n) is 27.4. The highest BCUT2D eigenvalue weighted by Gasteiger charge is 2.53. The number of benzene rings is 9. The molecule has 0 spiro atoms. The van der Waals surface area contributed by atoms with Gasteiger partial charge in [-0.25, -0.2) is 0 Å². The lowest BCUT2D eigenvalue weighted by Gasteiger charge is -2.58. The van der Waals surface area contributed by atoms with Gasteiger partial charge in [0.2, 0.25) is 0 Å². The lowest BCUT2D eigenvalue weighted by Crippen LogP contribution is -2.48. The molecule has 9 aromatic carbocycles. The molecule has 2 nitrogen and oxygen atoms in total. The normalized spacial score (nSPS) is 26.5. The van der Waals surface area contributed by atoms with Crippen LogP contribution in [0.4, 0.5) is 22.7 Å². The van der Waals surface area contributed by atoms with E-state index in [0.29, 0.717) is 6.54 Å². The van der Waals surface area contributed by atoms with Crippen LogP contribution in [0.5, 0.6) is 0 Å². The molecule has 0 saturated heterocycles. The van der Waals surface area contributed by atoms with Gasteiger partial charge in [0, 0.05) is 40.8 Å². The van der Waals surface area contributed by atoms with Crippen molar-refractivity contribution in [3.8, 4) is 44.5 Å². The van der Waals surface area contributed by atoms with E-state index in [1.54, 1.807) is 11.1 Å². The molecule has 420 valence electrons. The molecule has 85 heavy (non-hydrogen) atoms. The van der Waals surface area contributed by atoms with Crippen molar-refractivity contribution < 1.29 is 0 Å². The number of allylic oxidation sites excluding steroid dienone is 5. The second kappa shape index (κ2) is 21.7. The number of nitrogens with zero attached hydrogens (tertiary/aromatic N) is 2. The first-order valence-corrected chi connectivity index (χ1v) is 32.3. The Hall–Kier alpha value is -8.20. The van der Waals surface area contributed by atoms with E-state index in [9.17, 15) is 0 Å². The molecule has 2 heteroatoms. The molecular formula is C83H78N2. The van der Waals surface area contributed by atoms with Crippen molar-refractivity contribution in [2.75, 3.05) is 9.80 Å². The Morgan fingerprint density at radius 1 is 0.376 bits per heavy atom. The first kappa shape index (κ1) is 52.4. The maximum absolute atomic E-state index is 2.76. The number of hydrogen-bond donors (Lipinski definition) is 0. The van der Waals surface area contributed by atoms with Crippen LogP contribution in [0.2, 0.25) is 0 Å². The topological polar surface area (TPSA) is 6.48 Å². The number of anilines is 4. The molecule has 1 unspecified atom stereocenters. The SMILES string of the molecule is CC1C=CC(C23CC4CC(CC(C4)C2)C3)=CC1=C(c1ccc(C23CC4CC(CC(C4)C2)C3)cc1CN(c1ccc(-c2ccccc2)cc1)c1ccc(-c2ccccc2)cc1)N(c1ccc(-c2ccccc2)cc1)c1ccc(-c2ccccc2)cc1. The molecule has 0 amide bonds. The van der Waals surface area contributed by atoms with Gasteiger partial charge in [0.05, 0.1) is 5.70 Å². The first-order valence-electron chi connectivity index (χ1n) is 32.3. The van der Waals surface area contributed by atoms with Crippen molar-refractivity contribution in [1.29, 1.82) is 0 Å². The Labute approximate surface area is 505 Å². The third-order valence-electron chi connectivity index (χ3n) is 21.9. The van der Waals surface area contributed by atoms with Gasteiger partial charge in [0.1, 0.15) is 0 Å². The zero-order valence-electron chi connectivity index (χ0n) is 49.4. The predicted molar refractivity (Wildman–Crippen MR) is 356 cm³/mol. The van der Waals surface area contributed by atoms with Crippen LogP contribution in [0, 0.1) is 46.8 Å². The first-order chi connectivity index (χ1) is 41.8. The molecule has 0 N–H and O–H groups in total. The summed E-state index contributed by atoms with van der Waals surface area (Å²) in [5.74, 6) is 5.25. The maximum atomic E-state index is 2.76. The monoisotopic (exact) mass is 1100 g/mol. The van der Waals surface area contributed by atoms with Crippen LogP contribution in [0.3, 0.4) is 0 Å². The molecule has 1 atom stereocenters. The minimum Gasteiger partial charge on any atom is -0.337 e. The average molecular weight is 1100 g/mol. The zero-order chi connectivity index (χ0) is 56.5. The van der Waals surface area contributed by atoms with E-state index in [1.165, 1.54) is 167 Å². The minimum atomic E-state index is 0.171. The van der Waals surface area contributed by atoms with E-state index in [2.05, 4.69) is 272 Å². The van der Waals surface area contributed by atoms with Crippen molar-refractivity contribution in [2.24, 2.45) is 46.8 Å². The summed E-state index contributed by atoms with van der Waals surface area (Å²) < 4.78 is 0. The van der Waals surface area contributed by atoms with Crippen LogP contribution in [0.25, 0.3) is 50.2 Å². The molecular weight excluding hydrogens is 1020 g/mol. The fraction of sp³-hybridized carbons (Fsp3) is 0.277. The largest absolute Gasteiger partial charge is 0.337 e. The van der Waals surface area contributed by atoms with Crippen LogP contribution in [0.1, 0.15) is 101 Å². The van der Waals surface area contributed by atoms with E-state index < -0.39 is 0 Å². The molecule has 18 rings (SSSR count). The summed E-state index contributed by atoms with van der Waals surface area (Å²) in [5, 5.41) is 0. The van der Waals surface area contributed by atoms with Gasteiger partial charge < -0.3 is 9.80 Å². The standard InChI is InChI=1S/C83H78N2/c1-57-22-31-74(83-53-61-45-62(54-83)47-63(46-61)55-83)49-80(57)81(85(77-37-27-70(28-38-77)66-18-10-4-11-19-66)78-39-29-71(30-40-78)67-20-12-5-13-21-67)79-41-32-73(82-50-58-42-59(51-82)44-60(43-58)52-82)48-72(79)56-84(75-33-23-68(24-34-75)64-14-6-2-7-15-64)76-35-25-69(26-36-76)65-16-8-3-9-17-65/h2-41,48-49,57-63H,42-47,50-56H2,1H3. The molecule has 9 aromatic rings. The summed E-state index contributed by atoms with van der Waals surface area (Å²) in [5.41, 5.74) is 23.6. The Kier molecular flexibility index (Phi) is 13.4. The van der Waals surface area contributed by atoms with E-state index in [1.807, 2.05) is 0 Å². The van der Waals surface area contributed by atoms with Crippen LogP contribution < -0.4 is 9.80 Å². The van der Waals surface area contributed by atoms with Gasteiger partial charge in [0.25, 0.3) is 0 Å². The Balaban J connectivity index is 0.931. The van der Waals surface area contributed by atoms with E-state index in [-0.39, 0.29) is 16.7 Å². The van der Waals surface area contributed by atoms with Crippen LogP contribution >= 0.6 is 0 Å². The summed E-state index contributed by atoms with van der Waals surface area (Å²) in [6.45, 7) is 3.18. The lowest BCUT2D eigenvalue weighted by atomic mass is 9.47. The van der Waals surface area contributed by atoms with Crippen LogP contribution in [0.15, 0.2) is 266 Å². The van der Waals surface area contributed by atoms with Crippen molar-refractivity contribution in [1.82, 2.24) is 0 Å². The molecule has 8 fully saturated rings. The van der Waals surface area contributed by atoms with E-state index >= 15 is 0 Å². The van der Waals surface area contributed by atoms with Crippen LogP contribution in [-0.2, 0) is 12.0 Å². The molecule has 8 saturated carbocycles. The number of hydrogen-bond acceptors (Lipinski definition) is 2.